The van der Waals surface area contributed by atoms with Gasteiger partial charge in [0.1, 0.15) is 11.4 Å². The topological polar surface area (TPSA) is 102 Å². The summed E-state index contributed by atoms with van der Waals surface area (Å²) in [7, 11) is -4.65. The van der Waals surface area contributed by atoms with Crippen LogP contribution in [0.2, 0.25) is 0 Å². The van der Waals surface area contributed by atoms with Crippen molar-refractivity contribution in [1.82, 2.24) is 10.0 Å². The van der Waals surface area contributed by atoms with Crippen LogP contribution >= 0.6 is 0 Å². The highest BCUT2D eigenvalue weighted by Gasteiger charge is 2.25. The van der Waals surface area contributed by atoms with Crippen LogP contribution in [0.1, 0.15) is 18.5 Å². The number of nitrogens with one attached hydrogen (secondary N) is 2. The van der Waals surface area contributed by atoms with E-state index < -0.39 is 57.4 Å². The zero-order valence-corrected chi connectivity index (χ0v) is 15.9. The summed E-state index contributed by atoms with van der Waals surface area (Å²) in [4.78, 5) is 22.3. The SMILES string of the molecule is CC(NC(=O)COC(=O)CNS(=O)(=O)c1ccc(F)c(F)c1F)c1ccccc1. The number of rotatable bonds is 8. The molecule has 1 unspecified atom stereocenters. The number of sulfonamides is 1. The molecule has 0 heterocycles. The van der Waals surface area contributed by atoms with E-state index in [1.807, 2.05) is 6.07 Å². The van der Waals surface area contributed by atoms with Crippen LogP contribution in [0.4, 0.5) is 13.2 Å². The van der Waals surface area contributed by atoms with E-state index in [0.29, 0.717) is 12.1 Å². The van der Waals surface area contributed by atoms with E-state index in [2.05, 4.69) is 10.1 Å². The van der Waals surface area contributed by atoms with Crippen molar-refractivity contribution in [1.29, 1.82) is 0 Å². The van der Waals surface area contributed by atoms with Crippen LogP contribution < -0.4 is 10.0 Å². The summed E-state index contributed by atoms with van der Waals surface area (Å²) in [5, 5.41) is 2.59. The lowest BCUT2D eigenvalue weighted by Crippen LogP contribution is -2.35. The lowest BCUT2D eigenvalue weighted by molar-refractivity contribution is -0.147. The normalized spacial score (nSPS) is 12.3. The van der Waals surface area contributed by atoms with Crippen molar-refractivity contribution >= 4 is 21.9 Å². The van der Waals surface area contributed by atoms with Crippen LogP contribution in [0.3, 0.4) is 0 Å². The van der Waals surface area contributed by atoms with Crippen molar-refractivity contribution in [3.05, 3.63) is 65.5 Å². The highest BCUT2D eigenvalue weighted by atomic mass is 32.2. The number of esters is 1. The van der Waals surface area contributed by atoms with Crippen LogP contribution in [-0.2, 0) is 24.3 Å². The lowest BCUT2D eigenvalue weighted by Gasteiger charge is -2.14. The molecule has 2 N–H and O–H groups in total. The Labute approximate surface area is 164 Å². The van der Waals surface area contributed by atoms with Crippen molar-refractivity contribution in [2.24, 2.45) is 0 Å². The Hall–Kier alpha value is -2.92. The van der Waals surface area contributed by atoms with E-state index in [1.165, 1.54) is 0 Å². The zero-order valence-electron chi connectivity index (χ0n) is 15.1. The molecule has 0 aromatic heterocycles. The predicted octanol–water partition coefficient (Wildman–Crippen LogP) is 1.80. The van der Waals surface area contributed by atoms with Crippen LogP contribution in [0.5, 0.6) is 0 Å². The molecule has 2 aromatic carbocycles. The van der Waals surface area contributed by atoms with Gasteiger partial charge >= 0.3 is 5.97 Å². The van der Waals surface area contributed by atoms with E-state index in [4.69, 9.17) is 0 Å². The summed E-state index contributed by atoms with van der Waals surface area (Å²) in [5.74, 6) is -7.18. The predicted molar refractivity (Wildman–Crippen MR) is 95.5 cm³/mol. The molecule has 0 radical (unpaired) electrons. The number of carbonyl (C=O) groups excluding carboxylic acids is 2. The molecule has 0 aliphatic heterocycles. The monoisotopic (exact) mass is 430 g/mol. The Morgan fingerprint density at radius 3 is 2.34 bits per heavy atom. The second-order valence-electron chi connectivity index (χ2n) is 5.86. The standard InChI is InChI=1S/C18H17F3N2O5S/c1-11(12-5-3-2-4-6-12)23-15(24)10-28-16(25)9-22-29(26,27)14-8-7-13(19)17(20)18(14)21/h2-8,11,22H,9-10H2,1H3,(H,23,24). The molecule has 11 heteroatoms. The molecule has 0 aliphatic carbocycles. The van der Waals surface area contributed by atoms with Crippen molar-refractivity contribution in [3.63, 3.8) is 0 Å². The molecule has 0 aliphatic rings. The molecule has 0 fully saturated rings. The molecule has 1 amide bonds. The molecule has 0 saturated carbocycles. The first-order valence-corrected chi connectivity index (χ1v) is 9.73. The Morgan fingerprint density at radius 1 is 1.03 bits per heavy atom. The first kappa shape index (κ1) is 22.4. The molecule has 7 nitrogen and oxygen atoms in total. The molecule has 1 atom stereocenters. The zero-order chi connectivity index (χ0) is 21.6. The van der Waals surface area contributed by atoms with Gasteiger partial charge in [-0.15, -0.1) is 0 Å². The Bertz CT molecular complexity index is 1000. The molecule has 0 bridgehead atoms. The molecule has 156 valence electrons. The van der Waals surface area contributed by atoms with Crippen molar-refractivity contribution in [2.45, 2.75) is 17.9 Å². The molecule has 0 spiro atoms. The lowest BCUT2D eigenvalue weighted by atomic mass is 10.1. The Kier molecular flexibility index (Phi) is 7.35. The molecular formula is C18H17F3N2O5S. The van der Waals surface area contributed by atoms with Crippen molar-refractivity contribution in [2.75, 3.05) is 13.2 Å². The number of amides is 1. The summed E-state index contributed by atoms with van der Waals surface area (Å²) in [6.45, 7) is 0.110. The van der Waals surface area contributed by atoms with Crippen molar-refractivity contribution in [3.8, 4) is 0 Å². The van der Waals surface area contributed by atoms with Gasteiger partial charge in [0.05, 0.1) is 6.04 Å². The third-order valence-electron chi connectivity index (χ3n) is 3.74. The first-order valence-electron chi connectivity index (χ1n) is 8.25. The highest BCUT2D eigenvalue weighted by molar-refractivity contribution is 7.89. The smallest absolute Gasteiger partial charge is 0.321 e. The minimum absolute atomic E-state index is 0.350. The summed E-state index contributed by atoms with van der Waals surface area (Å²) in [6.07, 6.45) is 0. The van der Waals surface area contributed by atoms with Gasteiger partial charge in [0.2, 0.25) is 10.0 Å². The van der Waals surface area contributed by atoms with Gasteiger partial charge in [0, 0.05) is 0 Å². The summed E-state index contributed by atoms with van der Waals surface area (Å²) in [5.41, 5.74) is 0.827. The van der Waals surface area contributed by atoms with Gasteiger partial charge in [0.15, 0.2) is 24.1 Å². The second kappa shape index (κ2) is 9.52. The summed E-state index contributed by atoms with van der Waals surface area (Å²) >= 11 is 0. The molecule has 2 aromatic rings. The third-order valence-corrected chi connectivity index (χ3v) is 5.16. The number of halogens is 3. The maximum atomic E-state index is 13.6. The van der Waals surface area contributed by atoms with E-state index >= 15 is 0 Å². The highest BCUT2D eigenvalue weighted by Crippen LogP contribution is 2.19. The molecule has 2 rings (SSSR count). The summed E-state index contributed by atoms with van der Waals surface area (Å²) in [6, 6.07) is 9.58. The largest absolute Gasteiger partial charge is 0.455 e. The Morgan fingerprint density at radius 2 is 1.69 bits per heavy atom. The number of hydrogen-bond donors (Lipinski definition) is 2. The maximum Gasteiger partial charge on any atom is 0.321 e. The maximum absolute atomic E-state index is 13.6. The van der Waals surface area contributed by atoms with E-state index in [-0.39, 0.29) is 6.04 Å². The van der Waals surface area contributed by atoms with E-state index in [9.17, 15) is 31.2 Å². The summed E-state index contributed by atoms with van der Waals surface area (Å²) < 4.78 is 69.9. The van der Waals surface area contributed by atoms with Gasteiger partial charge in [-0.1, -0.05) is 30.3 Å². The van der Waals surface area contributed by atoms with Crippen molar-refractivity contribution < 1.29 is 35.9 Å². The Balaban J connectivity index is 1.85. The fraction of sp³-hybridized carbons (Fsp3) is 0.222. The number of hydrogen-bond acceptors (Lipinski definition) is 5. The molecular weight excluding hydrogens is 413 g/mol. The van der Waals surface area contributed by atoms with Gasteiger partial charge < -0.3 is 10.1 Å². The second-order valence-corrected chi connectivity index (χ2v) is 7.59. The molecule has 29 heavy (non-hydrogen) atoms. The fourth-order valence-electron chi connectivity index (χ4n) is 2.25. The minimum Gasteiger partial charge on any atom is -0.455 e. The quantitative estimate of drug-likeness (QED) is 0.491. The average molecular weight is 430 g/mol. The van der Waals surface area contributed by atoms with Crippen LogP contribution in [-0.4, -0.2) is 33.4 Å². The van der Waals surface area contributed by atoms with E-state index in [0.717, 1.165) is 5.56 Å². The van der Waals surface area contributed by atoms with Gasteiger partial charge in [-0.25, -0.2) is 21.6 Å². The minimum atomic E-state index is -4.65. The van der Waals surface area contributed by atoms with Gasteiger partial charge in [0.25, 0.3) is 5.91 Å². The van der Waals surface area contributed by atoms with Gasteiger partial charge in [-0.3, -0.25) is 9.59 Å². The number of carbonyl (C=O) groups is 2. The third kappa shape index (κ3) is 6.03. The first-order chi connectivity index (χ1) is 13.6. The van der Waals surface area contributed by atoms with Gasteiger partial charge in [-0.2, -0.15) is 4.72 Å². The van der Waals surface area contributed by atoms with Gasteiger partial charge in [-0.05, 0) is 24.6 Å². The number of ether oxygens (including phenoxy) is 1. The average Bonchev–Trinajstić information content (AvgIpc) is 2.69. The molecule has 0 saturated heterocycles. The van der Waals surface area contributed by atoms with Crippen LogP contribution in [0.25, 0.3) is 0 Å². The van der Waals surface area contributed by atoms with Crippen LogP contribution in [0, 0.1) is 17.5 Å². The van der Waals surface area contributed by atoms with Crippen LogP contribution in [0.15, 0.2) is 47.4 Å². The fourth-order valence-corrected chi connectivity index (χ4v) is 3.29. The van der Waals surface area contributed by atoms with E-state index in [1.54, 1.807) is 35.9 Å². The number of benzene rings is 2.